The first-order valence-electron chi connectivity index (χ1n) is 10.1. The second-order valence-corrected chi connectivity index (χ2v) is 7.85. The number of benzene rings is 1. The number of nitrogens with zero attached hydrogens (tertiary/aromatic N) is 4. The lowest BCUT2D eigenvalue weighted by molar-refractivity contribution is 0.0939. The molecule has 152 valence electrons. The van der Waals surface area contributed by atoms with Gasteiger partial charge in [-0.3, -0.25) is 4.79 Å². The van der Waals surface area contributed by atoms with Gasteiger partial charge in [0.05, 0.1) is 16.4 Å². The van der Waals surface area contributed by atoms with E-state index in [-0.39, 0.29) is 5.91 Å². The maximum atomic E-state index is 13.0. The van der Waals surface area contributed by atoms with Gasteiger partial charge in [0.1, 0.15) is 11.4 Å². The molecule has 0 atom stereocenters. The molecule has 1 aliphatic rings. The van der Waals surface area contributed by atoms with Crippen LogP contribution in [-0.4, -0.2) is 51.3 Å². The molecule has 1 amide bonds. The number of likely N-dealkylation sites (tertiary alicyclic amines) is 1. The standard InChI is InChI=1S/C22H26ClN5O/c1-26-12-7-10-20(26)18-16-21(28(25-18)19-9-4-3-8-17(19)23)22(29)24-11-15-27-13-5-2-6-14-27/h3-4,7-10,12,16H,2,5-6,11,13-15H2,1H3,(H,24,29). The summed E-state index contributed by atoms with van der Waals surface area (Å²) >= 11 is 6.40. The summed E-state index contributed by atoms with van der Waals surface area (Å²) in [6.07, 6.45) is 5.75. The first-order valence-corrected chi connectivity index (χ1v) is 10.5. The van der Waals surface area contributed by atoms with Crippen molar-refractivity contribution in [3.63, 3.8) is 0 Å². The number of para-hydroxylation sites is 1. The third-order valence-corrected chi connectivity index (χ3v) is 5.71. The van der Waals surface area contributed by atoms with Crippen LogP contribution < -0.4 is 5.32 Å². The lowest BCUT2D eigenvalue weighted by Gasteiger charge is -2.26. The number of hydrogen-bond donors (Lipinski definition) is 1. The summed E-state index contributed by atoms with van der Waals surface area (Å²) < 4.78 is 3.62. The van der Waals surface area contributed by atoms with Gasteiger partial charge in [-0.2, -0.15) is 5.10 Å². The topological polar surface area (TPSA) is 55.1 Å². The lowest BCUT2D eigenvalue weighted by atomic mass is 10.1. The molecule has 1 aromatic carbocycles. The van der Waals surface area contributed by atoms with Crippen molar-refractivity contribution in [2.24, 2.45) is 7.05 Å². The zero-order valence-corrected chi connectivity index (χ0v) is 17.4. The SMILES string of the molecule is Cn1cccc1-c1cc(C(=O)NCCN2CCCCC2)n(-c2ccccc2Cl)n1. The quantitative estimate of drug-likeness (QED) is 0.672. The average molecular weight is 412 g/mol. The lowest BCUT2D eigenvalue weighted by Crippen LogP contribution is -2.38. The number of aryl methyl sites for hydroxylation is 1. The fourth-order valence-electron chi connectivity index (χ4n) is 3.80. The van der Waals surface area contributed by atoms with E-state index in [4.69, 9.17) is 16.7 Å². The summed E-state index contributed by atoms with van der Waals surface area (Å²) in [4.78, 5) is 15.4. The van der Waals surface area contributed by atoms with Crippen molar-refractivity contribution >= 4 is 17.5 Å². The normalized spacial score (nSPS) is 14.8. The smallest absolute Gasteiger partial charge is 0.270 e. The van der Waals surface area contributed by atoms with Crippen LogP contribution in [0.5, 0.6) is 0 Å². The summed E-state index contributed by atoms with van der Waals surface area (Å²) in [7, 11) is 1.96. The van der Waals surface area contributed by atoms with Gasteiger partial charge in [-0.25, -0.2) is 4.68 Å². The van der Waals surface area contributed by atoms with E-state index in [2.05, 4.69) is 10.2 Å². The highest BCUT2D eigenvalue weighted by Crippen LogP contribution is 2.25. The van der Waals surface area contributed by atoms with E-state index in [1.54, 1.807) is 10.7 Å². The van der Waals surface area contributed by atoms with E-state index >= 15 is 0 Å². The Morgan fingerprint density at radius 3 is 2.66 bits per heavy atom. The average Bonchev–Trinajstić information content (AvgIpc) is 3.35. The number of amides is 1. The zero-order valence-electron chi connectivity index (χ0n) is 16.6. The van der Waals surface area contributed by atoms with Crippen LogP contribution in [0.15, 0.2) is 48.7 Å². The highest BCUT2D eigenvalue weighted by molar-refractivity contribution is 6.32. The van der Waals surface area contributed by atoms with Crippen LogP contribution >= 0.6 is 11.6 Å². The van der Waals surface area contributed by atoms with Crippen molar-refractivity contribution in [2.75, 3.05) is 26.2 Å². The van der Waals surface area contributed by atoms with Crippen molar-refractivity contribution in [1.29, 1.82) is 0 Å². The summed E-state index contributed by atoms with van der Waals surface area (Å²) in [5.74, 6) is -0.144. The van der Waals surface area contributed by atoms with Gasteiger partial charge in [-0.05, 0) is 56.3 Å². The molecule has 7 heteroatoms. The molecular formula is C22H26ClN5O. The van der Waals surface area contributed by atoms with Crippen molar-refractivity contribution in [3.8, 4) is 17.1 Å². The molecule has 1 N–H and O–H groups in total. The third kappa shape index (κ3) is 4.38. The van der Waals surface area contributed by atoms with E-state index in [1.807, 2.05) is 54.2 Å². The third-order valence-electron chi connectivity index (χ3n) is 5.39. The molecule has 0 unspecified atom stereocenters. The van der Waals surface area contributed by atoms with Gasteiger partial charge in [0, 0.05) is 26.3 Å². The summed E-state index contributed by atoms with van der Waals surface area (Å²) in [6.45, 7) is 3.72. The minimum atomic E-state index is -0.144. The Balaban J connectivity index is 1.58. The molecular weight excluding hydrogens is 386 g/mol. The maximum Gasteiger partial charge on any atom is 0.270 e. The molecule has 6 nitrogen and oxygen atoms in total. The Morgan fingerprint density at radius 1 is 1.14 bits per heavy atom. The second-order valence-electron chi connectivity index (χ2n) is 7.44. The number of rotatable bonds is 6. The molecule has 0 radical (unpaired) electrons. The largest absolute Gasteiger partial charge is 0.349 e. The Bertz CT molecular complexity index is 987. The highest BCUT2D eigenvalue weighted by atomic mass is 35.5. The van der Waals surface area contributed by atoms with Crippen molar-refractivity contribution in [1.82, 2.24) is 24.6 Å². The van der Waals surface area contributed by atoms with Crippen LogP contribution in [0.2, 0.25) is 5.02 Å². The summed E-state index contributed by atoms with van der Waals surface area (Å²) in [5.41, 5.74) is 2.85. The van der Waals surface area contributed by atoms with Crippen LogP contribution in [0.1, 0.15) is 29.8 Å². The summed E-state index contributed by atoms with van der Waals surface area (Å²) in [6, 6.07) is 13.2. The van der Waals surface area contributed by atoms with E-state index in [1.165, 1.54) is 19.3 Å². The van der Waals surface area contributed by atoms with E-state index in [0.717, 1.165) is 31.0 Å². The minimum absolute atomic E-state index is 0.144. The van der Waals surface area contributed by atoms with Crippen LogP contribution in [0.3, 0.4) is 0 Å². The minimum Gasteiger partial charge on any atom is -0.349 e. The van der Waals surface area contributed by atoms with Crippen molar-refractivity contribution in [2.45, 2.75) is 19.3 Å². The molecule has 4 rings (SSSR count). The fraction of sp³-hybridized carbons (Fsp3) is 0.364. The second kappa shape index (κ2) is 8.84. The molecule has 1 fully saturated rings. The maximum absolute atomic E-state index is 13.0. The molecule has 0 saturated carbocycles. The van der Waals surface area contributed by atoms with Gasteiger partial charge in [0.2, 0.25) is 0 Å². The summed E-state index contributed by atoms with van der Waals surface area (Å²) in [5, 5.41) is 8.31. The van der Waals surface area contributed by atoms with Crippen molar-refractivity contribution < 1.29 is 4.79 Å². The molecule has 0 spiro atoms. The molecule has 3 aromatic rings. The van der Waals surface area contributed by atoms with Gasteiger partial charge in [0.25, 0.3) is 5.91 Å². The molecule has 1 aliphatic heterocycles. The first-order chi connectivity index (χ1) is 14.1. The number of hydrogen-bond acceptors (Lipinski definition) is 3. The Kier molecular flexibility index (Phi) is 6.02. The van der Waals surface area contributed by atoms with Gasteiger partial charge in [0.15, 0.2) is 0 Å². The van der Waals surface area contributed by atoms with Gasteiger partial charge >= 0.3 is 0 Å². The van der Waals surface area contributed by atoms with Gasteiger partial charge in [-0.15, -0.1) is 0 Å². The fourth-order valence-corrected chi connectivity index (χ4v) is 4.02. The monoisotopic (exact) mass is 411 g/mol. The molecule has 0 aliphatic carbocycles. The number of carbonyl (C=O) groups is 1. The molecule has 0 bridgehead atoms. The molecule has 2 aromatic heterocycles. The first kappa shape index (κ1) is 19.7. The molecule has 29 heavy (non-hydrogen) atoms. The Labute approximate surface area is 176 Å². The van der Waals surface area contributed by atoms with E-state index in [9.17, 15) is 4.79 Å². The predicted molar refractivity (Wildman–Crippen MR) is 116 cm³/mol. The number of piperidine rings is 1. The van der Waals surface area contributed by atoms with Crippen molar-refractivity contribution in [3.05, 3.63) is 59.4 Å². The Morgan fingerprint density at radius 2 is 1.93 bits per heavy atom. The molecule has 3 heterocycles. The Hall–Kier alpha value is -2.57. The van der Waals surface area contributed by atoms with Crippen LogP contribution in [-0.2, 0) is 7.05 Å². The molecule has 1 saturated heterocycles. The van der Waals surface area contributed by atoms with Crippen LogP contribution in [0, 0.1) is 0 Å². The van der Waals surface area contributed by atoms with Gasteiger partial charge < -0.3 is 14.8 Å². The zero-order chi connectivity index (χ0) is 20.2. The van der Waals surface area contributed by atoms with Gasteiger partial charge in [-0.1, -0.05) is 30.2 Å². The number of halogens is 1. The number of carbonyl (C=O) groups excluding carboxylic acids is 1. The highest BCUT2D eigenvalue weighted by Gasteiger charge is 2.20. The number of nitrogens with one attached hydrogen (secondary N) is 1. The van der Waals surface area contributed by atoms with Crippen LogP contribution in [0.4, 0.5) is 0 Å². The van der Waals surface area contributed by atoms with Crippen LogP contribution in [0.25, 0.3) is 17.1 Å². The predicted octanol–water partition coefficient (Wildman–Crippen LogP) is 3.75. The number of aromatic nitrogens is 3. The van der Waals surface area contributed by atoms with E-state index < -0.39 is 0 Å². The van der Waals surface area contributed by atoms with E-state index in [0.29, 0.717) is 22.9 Å².